The number of benzene rings is 1. The van der Waals surface area contributed by atoms with Crippen molar-refractivity contribution in [3.63, 3.8) is 0 Å². The Balaban J connectivity index is 1.69. The van der Waals surface area contributed by atoms with Gasteiger partial charge in [-0.1, -0.05) is 37.3 Å². The highest BCUT2D eigenvalue weighted by Gasteiger charge is 2.29. The summed E-state index contributed by atoms with van der Waals surface area (Å²) in [5.74, 6) is 0.927. The van der Waals surface area contributed by atoms with Gasteiger partial charge >= 0.3 is 0 Å². The first kappa shape index (κ1) is 13.1. The highest BCUT2D eigenvalue weighted by molar-refractivity contribution is 5.19. The molecule has 0 spiro atoms. The number of hydrogen-bond donors (Lipinski definition) is 1. The Labute approximate surface area is 117 Å². The average Bonchev–Trinajstić information content (AvgIpc) is 2.74. The van der Waals surface area contributed by atoms with E-state index in [4.69, 9.17) is 0 Å². The molecule has 3 atom stereocenters. The second-order valence-corrected chi connectivity index (χ2v) is 6.34. The molecule has 1 heterocycles. The van der Waals surface area contributed by atoms with Gasteiger partial charge in [0.1, 0.15) is 0 Å². The van der Waals surface area contributed by atoms with Gasteiger partial charge in [-0.15, -0.1) is 0 Å². The first-order chi connectivity index (χ1) is 9.33. The summed E-state index contributed by atoms with van der Waals surface area (Å²) in [5, 5.41) is 3.72. The maximum atomic E-state index is 3.72. The Morgan fingerprint density at radius 2 is 2.00 bits per heavy atom. The molecule has 1 saturated heterocycles. The monoisotopic (exact) mass is 258 g/mol. The van der Waals surface area contributed by atoms with E-state index in [9.17, 15) is 0 Å². The SMILES string of the molecule is CC1CCC(N2CCCNC(c3ccccc3)C2)C1. The summed E-state index contributed by atoms with van der Waals surface area (Å²) in [4.78, 5) is 2.75. The van der Waals surface area contributed by atoms with Crippen molar-refractivity contribution in [2.75, 3.05) is 19.6 Å². The third kappa shape index (κ3) is 3.18. The first-order valence-corrected chi connectivity index (χ1v) is 7.85. The Morgan fingerprint density at radius 3 is 2.74 bits per heavy atom. The van der Waals surface area contributed by atoms with Crippen LogP contribution in [0.4, 0.5) is 0 Å². The third-order valence-corrected chi connectivity index (χ3v) is 4.82. The van der Waals surface area contributed by atoms with Crippen LogP contribution in [0, 0.1) is 5.92 Å². The molecule has 19 heavy (non-hydrogen) atoms. The molecule has 1 aromatic rings. The van der Waals surface area contributed by atoms with E-state index in [1.165, 1.54) is 44.3 Å². The van der Waals surface area contributed by atoms with Gasteiger partial charge in [-0.25, -0.2) is 0 Å². The lowest BCUT2D eigenvalue weighted by molar-refractivity contribution is 0.192. The van der Waals surface area contributed by atoms with E-state index >= 15 is 0 Å². The van der Waals surface area contributed by atoms with Crippen LogP contribution in [0.1, 0.15) is 44.2 Å². The van der Waals surface area contributed by atoms with Crippen molar-refractivity contribution in [3.8, 4) is 0 Å². The minimum absolute atomic E-state index is 0.514. The Morgan fingerprint density at radius 1 is 1.16 bits per heavy atom. The number of hydrogen-bond acceptors (Lipinski definition) is 2. The van der Waals surface area contributed by atoms with Crippen LogP contribution in [0.15, 0.2) is 30.3 Å². The van der Waals surface area contributed by atoms with E-state index in [1.807, 2.05) is 0 Å². The molecule has 2 nitrogen and oxygen atoms in total. The van der Waals surface area contributed by atoms with E-state index in [1.54, 1.807) is 0 Å². The maximum Gasteiger partial charge on any atom is 0.0449 e. The van der Waals surface area contributed by atoms with Crippen molar-refractivity contribution in [1.82, 2.24) is 10.2 Å². The highest BCUT2D eigenvalue weighted by atomic mass is 15.2. The van der Waals surface area contributed by atoms with Crippen molar-refractivity contribution in [2.24, 2.45) is 5.92 Å². The summed E-state index contributed by atoms with van der Waals surface area (Å²) in [6, 6.07) is 12.3. The quantitative estimate of drug-likeness (QED) is 0.876. The second-order valence-electron chi connectivity index (χ2n) is 6.34. The van der Waals surface area contributed by atoms with E-state index in [-0.39, 0.29) is 0 Å². The van der Waals surface area contributed by atoms with Gasteiger partial charge in [0.05, 0.1) is 0 Å². The summed E-state index contributed by atoms with van der Waals surface area (Å²) < 4.78 is 0. The molecule has 0 radical (unpaired) electrons. The summed E-state index contributed by atoms with van der Waals surface area (Å²) in [6.45, 7) is 6.01. The van der Waals surface area contributed by atoms with Crippen LogP contribution in [-0.4, -0.2) is 30.6 Å². The maximum absolute atomic E-state index is 3.72. The Bertz CT molecular complexity index is 390. The lowest BCUT2D eigenvalue weighted by Crippen LogP contribution is -2.37. The molecule has 1 saturated carbocycles. The van der Waals surface area contributed by atoms with Gasteiger partial charge in [-0.3, -0.25) is 4.90 Å². The predicted molar refractivity (Wildman–Crippen MR) is 80.2 cm³/mol. The lowest BCUT2D eigenvalue weighted by atomic mass is 10.1. The van der Waals surface area contributed by atoms with Gasteiger partial charge in [0, 0.05) is 18.6 Å². The van der Waals surface area contributed by atoms with Crippen LogP contribution in [0.3, 0.4) is 0 Å². The third-order valence-electron chi connectivity index (χ3n) is 4.82. The minimum Gasteiger partial charge on any atom is -0.309 e. The molecular weight excluding hydrogens is 232 g/mol. The lowest BCUT2D eigenvalue weighted by Gasteiger charge is -2.30. The Hall–Kier alpha value is -0.860. The molecule has 0 aromatic heterocycles. The van der Waals surface area contributed by atoms with Crippen LogP contribution in [0.5, 0.6) is 0 Å². The zero-order chi connectivity index (χ0) is 13.1. The average molecular weight is 258 g/mol. The molecule has 1 aliphatic carbocycles. The molecule has 104 valence electrons. The zero-order valence-electron chi connectivity index (χ0n) is 12.0. The van der Waals surface area contributed by atoms with Crippen LogP contribution in [-0.2, 0) is 0 Å². The number of rotatable bonds is 2. The minimum atomic E-state index is 0.514. The molecule has 3 unspecified atom stereocenters. The summed E-state index contributed by atoms with van der Waals surface area (Å²) in [5.41, 5.74) is 1.44. The highest BCUT2D eigenvalue weighted by Crippen LogP contribution is 2.30. The fourth-order valence-corrected chi connectivity index (χ4v) is 3.70. The van der Waals surface area contributed by atoms with Crippen molar-refractivity contribution in [3.05, 3.63) is 35.9 Å². The molecule has 3 rings (SSSR count). The van der Waals surface area contributed by atoms with Gasteiger partial charge in [-0.2, -0.15) is 0 Å². The van der Waals surface area contributed by atoms with Crippen LogP contribution >= 0.6 is 0 Å². The fraction of sp³-hybridized carbons (Fsp3) is 0.647. The normalized spacial score (nSPS) is 33.2. The first-order valence-electron chi connectivity index (χ1n) is 7.85. The van der Waals surface area contributed by atoms with E-state index in [0.29, 0.717) is 6.04 Å². The molecule has 0 bridgehead atoms. The van der Waals surface area contributed by atoms with Crippen LogP contribution in [0.25, 0.3) is 0 Å². The number of nitrogens with zero attached hydrogens (tertiary/aromatic N) is 1. The molecule has 1 aliphatic heterocycles. The summed E-state index contributed by atoms with van der Waals surface area (Å²) >= 11 is 0. The van der Waals surface area contributed by atoms with E-state index in [2.05, 4.69) is 47.5 Å². The van der Waals surface area contributed by atoms with Gasteiger partial charge in [0.15, 0.2) is 0 Å². The van der Waals surface area contributed by atoms with Gasteiger partial charge in [0.2, 0.25) is 0 Å². The van der Waals surface area contributed by atoms with E-state index < -0.39 is 0 Å². The molecule has 2 aliphatic rings. The van der Waals surface area contributed by atoms with Gasteiger partial charge in [0.25, 0.3) is 0 Å². The number of nitrogens with one attached hydrogen (secondary N) is 1. The van der Waals surface area contributed by atoms with Gasteiger partial charge < -0.3 is 5.32 Å². The zero-order valence-corrected chi connectivity index (χ0v) is 12.0. The summed E-state index contributed by atoms with van der Waals surface area (Å²) in [7, 11) is 0. The molecular formula is C17H26N2. The van der Waals surface area contributed by atoms with Crippen molar-refractivity contribution in [1.29, 1.82) is 0 Å². The van der Waals surface area contributed by atoms with Crippen molar-refractivity contribution in [2.45, 2.75) is 44.7 Å². The van der Waals surface area contributed by atoms with Crippen LogP contribution < -0.4 is 5.32 Å². The second kappa shape index (κ2) is 6.06. The van der Waals surface area contributed by atoms with Crippen LogP contribution in [0.2, 0.25) is 0 Å². The fourth-order valence-electron chi connectivity index (χ4n) is 3.70. The van der Waals surface area contributed by atoms with Crippen molar-refractivity contribution >= 4 is 0 Å². The topological polar surface area (TPSA) is 15.3 Å². The van der Waals surface area contributed by atoms with Crippen molar-refractivity contribution < 1.29 is 0 Å². The van der Waals surface area contributed by atoms with Gasteiger partial charge in [-0.05, 0) is 50.3 Å². The largest absolute Gasteiger partial charge is 0.309 e. The molecule has 1 N–H and O–H groups in total. The molecule has 2 heteroatoms. The smallest absolute Gasteiger partial charge is 0.0449 e. The molecule has 2 fully saturated rings. The standard InChI is InChI=1S/C17H26N2/c1-14-8-9-16(12-14)19-11-5-10-18-17(13-19)15-6-3-2-4-7-15/h2-4,6-7,14,16-18H,5,8-13H2,1H3. The van der Waals surface area contributed by atoms with E-state index in [0.717, 1.165) is 18.5 Å². The molecule has 0 amide bonds. The summed E-state index contributed by atoms with van der Waals surface area (Å²) in [6.07, 6.45) is 5.52. The Kier molecular flexibility index (Phi) is 4.19. The predicted octanol–water partition coefficient (Wildman–Crippen LogP) is 3.21. The molecule has 1 aromatic carbocycles.